The molecule has 0 radical (unpaired) electrons. The molecule has 98 valence electrons. The molecule has 0 saturated heterocycles. The number of fused-ring (bicyclic) bond motifs is 1. The molecule has 0 aromatic heterocycles. The Morgan fingerprint density at radius 1 is 1.21 bits per heavy atom. The van der Waals surface area contributed by atoms with Crippen LogP contribution in [-0.2, 0) is 6.42 Å². The van der Waals surface area contributed by atoms with E-state index in [1.165, 1.54) is 11.1 Å². The summed E-state index contributed by atoms with van der Waals surface area (Å²) in [5.41, 5.74) is 3.61. The van der Waals surface area contributed by atoms with Gasteiger partial charge in [0.25, 0.3) is 0 Å². The van der Waals surface area contributed by atoms with Crippen LogP contribution in [-0.4, -0.2) is 12.2 Å². The molecule has 1 aliphatic rings. The van der Waals surface area contributed by atoms with Gasteiger partial charge in [-0.25, -0.2) is 0 Å². The minimum atomic E-state index is 0.284. The van der Waals surface area contributed by atoms with Crippen LogP contribution in [0.2, 0.25) is 0 Å². The maximum atomic E-state index is 9.50. The second-order valence-corrected chi connectivity index (χ2v) is 4.85. The number of anilines is 1. The third-order valence-electron chi connectivity index (χ3n) is 3.62. The largest absolute Gasteiger partial charge is 0.508 e. The Morgan fingerprint density at radius 2 is 2.11 bits per heavy atom. The predicted octanol–water partition coefficient (Wildman–Crippen LogP) is 3.50. The second kappa shape index (κ2) is 4.84. The maximum absolute atomic E-state index is 9.50. The Balaban J connectivity index is 1.85. The molecule has 2 aromatic carbocycles. The SMILES string of the molecule is COc1ccc2c(c1)C(Nc1cccc(O)c1)CC2. The molecule has 2 aromatic rings. The third-order valence-corrected chi connectivity index (χ3v) is 3.62. The number of rotatable bonds is 3. The minimum absolute atomic E-state index is 0.284. The van der Waals surface area contributed by atoms with Crippen LogP contribution in [0.1, 0.15) is 23.6 Å². The van der Waals surface area contributed by atoms with Crippen LogP contribution in [0.5, 0.6) is 11.5 Å². The third kappa shape index (κ3) is 2.36. The molecule has 0 aliphatic heterocycles. The van der Waals surface area contributed by atoms with Crippen molar-refractivity contribution in [2.45, 2.75) is 18.9 Å². The van der Waals surface area contributed by atoms with Crippen LogP contribution in [0.3, 0.4) is 0 Å². The van der Waals surface area contributed by atoms with E-state index in [-0.39, 0.29) is 11.8 Å². The first-order valence-electron chi connectivity index (χ1n) is 6.48. The minimum Gasteiger partial charge on any atom is -0.508 e. The molecule has 0 fully saturated rings. The Labute approximate surface area is 112 Å². The Morgan fingerprint density at radius 3 is 2.89 bits per heavy atom. The zero-order chi connectivity index (χ0) is 13.2. The summed E-state index contributed by atoms with van der Waals surface area (Å²) in [7, 11) is 1.69. The Bertz CT molecular complexity index is 595. The normalized spacial score (nSPS) is 17.0. The topological polar surface area (TPSA) is 41.5 Å². The molecule has 3 heteroatoms. The van der Waals surface area contributed by atoms with Gasteiger partial charge in [-0.3, -0.25) is 0 Å². The number of benzene rings is 2. The highest BCUT2D eigenvalue weighted by molar-refractivity contribution is 5.52. The van der Waals surface area contributed by atoms with Gasteiger partial charge in [-0.2, -0.15) is 0 Å². The van der Waals surface area contributed by atoms with Crippen molar-refractivity contribution in [2.75, 3.05) is 12.4 Å². The standard InChI is InChI=1S/C16H17NO2/c1-19-14-7-5-11-6-8-16(15(11)10-14)17-12-3-2-4-13(18)9-12/h2-5,7,9-10,16-18H,6,8H2,1H3. The average molecular weight is 255 g/mol. The van der Waals surface area contributed by atoms with Crippen molar-refractivity contribution in [2.24, 2.45) is 0 Å². The first-order chi connectivity index (χ1) is 9.26. The summed E-state index contributed by atoms with van der Waals surface area (Å²) in [6.45, 7) is 0. The Hall–Kier alpha value is -2.16. The van der Waals surface area contributed by atoms with Crippen LogP contribution < -0.4 is 10.1 Å². The van der Waals surface area contributed by atoms with Crippen molar-refractivity contribution in [3.63, 3.8) is 0 Å². The average Bonchev–Trinajstić information content (AvgIpc) is 2.81. The van der Waals surface area contributed by atoms with E-state index in [1.807, 2.05) is 18.2 Å². The monoisotopic (exact) mass is 255 g/mol. The quantitative estimate of drug-likeness (QED) is 0.882. The predicted molar refractivity (Wildman–Crippen MR) is 75.8 cm³/mol. The van der Waals surface area contributed by atoms with Gasteiger partial charge in [0.1, 0.15) is 11.5 Å². The number of aryl methyl sites for hydroxylation is 1. The van der Waals surface area contributed by atoms with Crippen LogP contribution in [0.25, 0.3) is 0 Å². The van der Waals surface area contributed by atoms with Crippen molar-refractivity contribution < 1.29 is 9.84 Å². The van der Waals surface area contributed by atoms with E-state index in [0.717, 1.165) is 24.3 Å². The van der Waals surface area contributed by atoms with E-state index in [0.29, 0.717) is 0 Å². The lowest BCUT2D eigenvalue weighted by Crippen LogP contribution is -2.07. The van der Waals surface area contributed by atoms with Crippen molar-refractivity contribution >= 4 is 5.69 Å². The zero-order valence-corrected chi connectivity index (χ0v) is 10.9. The van der Waals surface area contributed by atoms with Crippen molar-refractivity contribution in [3.05, 3.63) is 53.6 Å². The summed E-state index contributed by atoms with van der Waals surface area (Å²) in [5.74, 6) is 1.18. The van der Waals surface area contributed by atoms with Gasteiger partial charge in [0.2, 0.25) is 0 Å². The van der Waals surface area contributed by atoms with Gasteiger partial charge in [-0.15, -0.1) is 0 Å². The zero-order valence-electron chi connectivity index (χ0n) is 10.9. The van der Waals surface area contributed by atoms with Gasteiger partial charge in [0.15, 0.2) is 0 Å². The second-order valence-electron chi connectivity index (χ2n) is 4.85. The number of hydrogen-bond donors (Lipinski definition) is 2. The smallest absolute Gasteiger partial charge is 0.119 e. The number of nitrogens with one attached hydrogen (secondary N) is 1. The molecule has 3 rings (SSSR count). The van der Waals surface area contributed by atoms with Crippen LogP contribution >= 0.6 is 0 Å². The molecule has 2 N–H and O–H groups in total. The lowest BCUT2D eigenvalue weighted by molar-refractivity contribution is 0.414. The van der Waals surface area contributed by atoms with Crippen molar-refractivity contribution in [3.8, 4) is 11.5 Å². The molecule has 0 bridgehead atoms. The molecule has 0 heterocycles. The molecule has 0 spiro atoms. The van der Waals surface area contributed by atoms with E-state index in [2.05, 4.69) is 17.4 Å². The summed E-state index contributed by atoms with van der Waals surface area (Å²) in [6, 6.07) is 13.8. The first kappa shape index (κ1) is 11.9. The van der Waals surface area contributed by atoms with Crippen molar-refractivity contribution in [1.82, 2.24) is 0 Å². The summed E-state index contributed by atoms with van der Waals surface area (Å²) in [4.78, 5) is 0. The first-order valence-corrected chi connectivity index (χ1v) is 6.48. The molecule has 1 unspecified atom stereocenters. The fourth-order valence-corrected chi connectivity index (χ4v) is 2.65. The van der Waals surface area contributed by atoms with Crippen molar-refractivity contribution in [1.29, 1.82) is 0 Å². The van der Waals surface area contributed by atoms with E-state index in [1.54, 1.807) is 19.2 Å². The van der Waals surface area contributed by atoms with Gasteiger partial charge in [0, 0.05) is 11.8 Å². The van der Waals surface area contributed by atoms with Gasteiger partial charge in [-0.05, 0) is 48.2 Å². The van der Waals surface area contributed by atoms with Crippen LogP contribution in [0, 0.1) is 0 Å². The molecular weight excluding hydrogens is 238 g/mol. The van der Waals surface area contributed by atoms with E-state index >= 15 is 0 Å². The number of phenolic OH excluding ortho intramolecular Hbond substituents is 1. The summed E-state index contributed by atoms with van der Waals surface area (Å²) in [6.07, 6.45) is 2.15. The molecular formula is C16H17NO2. The van der Waals surface area contributed by atoms with Gasteiger partial charge >= 0.3 is 0 Å². The highest BCUT2D eigenvalue weighted by Gasteiger charge is 2.22. The molecule has 19 heavy (non-hydrogen) atoms. The molecule has 0 amide bonds. The molecule has 1 atom stereocenters. The highest BCUT2D eigenvalue weighted by Crippen LogP contribution is 2.36. The van der Waals surface area contributed by atoms with E-state index < -0.39 is 0 Å². The van der Waals surface area contributed by atoms with Crippen LogP contribution in [0.15, 0.2) is 42.5 Å². The van der Waals surface area contributed by atoms with Gasteiger partial charge < -0.3 is 15.2 Å². The van der Waals surface area contributed by atoms with E-state index in [4.69, 9.17) is 4.74 Å². The van der Waals surface area contributed by atoms with Gasteiger partial charge in [-0.1, -0.05) is 12.1 Å². The number of methoxy groups -OCH3 is 1. The highest BCUT2D eigenvalue weighted by atomic mass is 16.5. The van der Waals surface area contributed by atoms with Gasteiger partial charge in [0.05, 0.1) is 13.2 Å². The molecule has 3 nitrogen and oxygen atoms in total. The summed E-state index contributed by atoms with van der Waals surface area (Å²) >= 11 is 0. The number of aromatic hydroxyl groups is 1. The molecule has 0 saturated carbocycles. The lowest BCUT2D eigenvalue weighted by atomic mass is 10.1. The fraction of sp³-hybridized carbons (Fsp3) is 0.250. The molecule has 1 aliphatic carbocycles. The summed E-state index contributed by atoms with van der Waals surface area (Å²) in [5, 5.41) is 13.0. The number of ether oxygens (including phenoxy) is 1. The lowest BCUT2D eigenvalue weighted by Gasteiger charge is -2.16. The Kier molecular flexibility index (Phi) is 3.03. The van der Waals surface area contributed by atoms with E-state index in [9.17, 15) is 5.11 Å². The maximum Gasteiger partial charge on any atom is 0.119 e. The summed E-state index contributed by atoms with van der Waals surface area (Å²) < 4.78 is 5.29. The fourth-order valence-electron chi connectivity index (χ4n) is 2.65. The number of phenols is 1. The van der Waals surface area contributed by atoms with Crippen LogP contribution in [0.4, 0.5) is 5.69 Å². The number of hydrogen-bond acceptors (Lipinski definition) is 3.